The molecule has 0 amide bonds. The number of fused-ring (bicyclic) bond motifs is 5. The van der Waals surface area contributed by atoms with Crippen LogP contribution in [0.4, 0.5) is 17.1 Å². The zero-order valence-electron chi connectivity index (χ0n) is 37.8. The summed E-state index contributed by atoms with van der Waals surface area (Å²) in [6, 6.07) is 77.7. The molecule has 1 spiro atoms. The summed E-state index contributed by atoms with van der Waals surface area (Å²) in [6.07, 6.45) is 7.42. The molecule has 1 heteroatoms. The minimum absolute atomic E-state index is 0.124. The highest BCUT2D eigenvalue weighted by Gasteiger charge is 2.80. The largest absolute Gasteiger partial charge is 0.310 e. The molecule has 0 aliphatic heterocycles. The van der Waals surface area contributed by atoms with Crippen LogP contribution < -0.4 is 4.90 Å². The fraction of sp³-hybridized carbons (Fsp3) is 0.200. The summed E-state index contributed by atoms with van der Waals surface area (Å²) in [6.45, 7) is 4.75. The molecule has 4 saturated carbocycles. The van der Waals surface area contributed by atoms with Gasteiger partial charge in [-0.05, 0) is 169 Å². The third kappa shape index (κ3) is 5.35. The molecular weight excluding hydrogens is 795 g/mol. The molecule has 1 nitrogen and oxygen atoms in total. The normalized spacial score (nSPS) is 23.4. The topological polar surface area (TPSA) is 3.24 Å². The van der Waals surface area contributed by atoms with Crippen LogP contribution in [0, 0.1) is 23.2 Å². The van der Waals surface area contributed by atoms with E-state index in [1.165, 1.54) is 110 Å². The lowest BCUT2D eigenvalue weighted by molar-refractivity contribution is -0.198. The molecule has 4 fully saturated rings. The Morgan fingerprint density at radius 3 is 1.82 bits per heavy atom. The highest BCUT2D eigenvalue weighted by molar-refractivity contribution is 5.98. The van der Waals surface area contributed by atoms with Crippen LogP contribution in [-0.2, 0) is 10.8 Å². The molecule has 9 aromatic carbocycles. The first-order valence-electron chi connectivity index (χ1n) is 24.4. The van der Waals surface area contributed by atoms with Gasteiger partial charge in [-0.1, -0.05) is 184 Å². The van der Waals surface area contributed by atoms with Crippen LogP contribution in [0.15, 0.2) is 206 Å². The van der Waals surface area contributed by atoms with E-state index in [2.05, 4.69) is 225 Å². The zero-order valence-corrected chi connectivity index (χ0v) is 37.8. The summed E-state index contributed by atoms with van der Waals surface area (Å²) >= 11 is 0. The van der Waals surface area contributed by atoms with Gasteiger partial charge in [-0.2, -0.15) is 0 Å². The summed E-state index contributed by atoms with van der Waals surface area (Å²) in [5.41, 5.74) is 21.3. The molecule has 0 saturated heterocycles. The fourth-order valence-electron chi connectivity index (χ4n) is 14.8. The highest BCUT2D eigenvalue weighted by atomic mass is 15.1. The third-order valence-electron chi connectivity index (χ3n) is 17.8. The van der Waals surface area contributed by atoms with Gasteiger partial charge in [-0.25, -0.2) is 0 Å². The van der Waals surface area contributed by atoms with Crippen molar-refractivity contribution < 1.29 is 0 Å². The Hall–Kier alpha value is -6.96. The Morgan fingerprint density at radius 2 is 1.03 bits per heavy atom. The summed E-state index contributed by atoms with van der Waals surface area (Å²) in [5, 5.41) is 2.53. The number of anilines is 3. The number of hydrogen-bond donors (Lipinski definition) is 0. The standard InChI is InChI=1S/C65H53N/c1-63(2)60-18-9-8-16-57(60)58-33-32-54(38-61(58)63)66(53-30-25-48(26-31-53)56-17-10-14-46-13-6-7-15-55(46)56)62-34-27-49(36-59(62)47-11-4-3-5-12-47)45-21-19-43(20-22-45)44-23-28-50(29-24-44)64-39-42-35-51-37-52(41-64)65(51,64)40-42/h3-34,36,38,42,51-52H,35,37,39-41H2,1-2H3. The van der Waals surface area contributed by atoms with E-state index < -0.39 is 0 Å². The van der Waals surface area contributed by atoms with Crippen LogP contribution in [-0.4, -0.2) is 0 Å². The lowest BCUT2D eigenvalue weighted by atomic mass is 9.31. The molecule has 0 heterocycles. The van der Waals surface area contributed by atoms with Crippen molar-refractivity contribution in [1.29, 1.82) is 0 Å². The molecule has 5 atom stereocenters. The van der Waals surface area contributed by atoms with Crippen molar-refractivity contribution in [1.82, 2.24) is 0 Å². The molecule has 5 aliphatic carbocycles. The van der Waals surface area contributed by atoms with Crippen molar-refractivity contribution in [2.45, 2.75) is 56.8 Å². The second-order valence-electron chi connectivity index (χ2n) is 21.0. The molecule has 5 aliphatic rings. The van der Waals surface area contributed by atoms with E-state index in [0.29, 0.717) is 10.8 Å². The summed E-state index contributed by atoms with van der Waals surface area (Å²) in [7, 11) is 0. The number of nitrogens with zero attached hydrogens (tertiary/aromatic N) is 1. The van der Waals surface area contributed by atoms with Gasteiger partial charge in [0.05, 0.1) is 5.69 Å². The summed E-state index contributed by atoms with van der Waals surface area (Å²) < 4.78 is 0. The molecule has 2 bridgehead atoms. The van der Waals surface area contributed by atoms with E-state index in [0.717, 1.165) is 34.8 Å². The molecule has 66 heavy (non-hydrogen) atoms. The van der Waals surface area contributed by atoms with Gasteiger partial charge in [-0.3, -0.25) is 0 Å². The van der Waals surface area contributed by atoms with Gasteiger partial charge >= 0.3 is 0 Å². The maximum absolute atomic E-state index is 2.50. The minimum Gasteiger partial charge on any atom is -0.310 e. The van der Waals surface area contributed by atoms with E-state index in [1.807, 2.05) is 0 Å². The SMILES string of the molecule is CC1(C)c2ccccc2-c2ccc(N(c3ccc(-c4cccc5ccccc45)cc3)c3ccc(-c4ccc(-c5ccc(C67CC8CC9CC(C6)C97C8)cc5)cc4)cc3-c3ccccc3)cc21. The highest BCUT2D eigenvalue weighted by Crippen LogP contribution is 2.86. The Labute approximate surface area is 389 Å². The van der Waals surface area contributed by atoms with E-state index >= 15 is 0 Å². The Kier molecular flexibility index (Phi) is 8.14. The molecule has 5 unspecified atom stereocenters. The average Bonchev–Trinajstić information content (AvgIpc) is 3.96. The van der Waals surface area contributed by atoms with Gasteiger partial charge in [0, 0.05) is 27.8 Å². The monoisotopic (exact) mass is 847 g/mol. The first-order valence-corrected chi connectivity index (χ1v) is 24.4. The first-order chi connectivity index (χ1) is 32.4. The average molecular weight is 848 g/mol. The smallest absolute Gasteiger partial charge is 0.0540 e. The van der Waals surface area contributed by atoms with Crippen molar-refractivity contribution in [2.75, 3.05) is 4.90 Å². The fourth-order valence-corrected chi connectivity index (χ4v) is 14.8. The van der Waals surface area contributed by atoms with Crippen molar-refractivity contribution >= 4 is 27.8 Å². The maximum atomic E-state index is 2.50. The first kappa shape index (κ1) is 38.3. The van der Waals surface area contributed by atoms with E-state index in [4.69, 9.17) is 0 Å². The molecule has 0 radical (unpaired) electrons. The van der Waals surface area contributed by atoms with Crippen LogP contribution in [0.2, 0.25) is 0 Å². The van der Waals surface area contributed by atoms with E-state index in [1.54, 1.807) is 5.56 Å². The van der Waals surface area contributed by atoms with Crippen molar-refractivity contribution in [2.24, 2.45) is 23.2 Å². The molecular formula is C65H53N. The summed E-state index contributed by atoms with van der Waals surface area (Å²) in [4.78, 5) is 2.48. The molecule has 14 rings (SSSR count). The van der Waals surface area contributed by atoms with Gasteiger partial charge in [0.2, 0.25) is 0 Å². The van der Waals surface area contributed by atoms with Crippen LogP contribution in [0.1, 0.15) is 62.6 Å². The number of hydrogen-bond acceptors (Lipinski definition) is 1. The van der Waals surface area contributed by atoms with Gasteiger partial charge < -0.3 is 4.90 Å². The van der Waals surface area contributed by atoms with Crippen molar-refractivity contribution in [3.8, 4) is 55.6 Å². The van der Waals surface area contributed by atoms with E-state index in [9.17, 15) is 0 Å². The number of benzene rings is 9. The Bertz CT molecular complexity index is 3370. The molecule has 0 aromatic heterocycles. The maximum Gasteiger partial charge on any atom is 0.0540 e. The van der Waals surface area contributed by atoms with E-state index in [-0.39, 0.29) is 5.41 Å². The van der Waals surface area contributed by atoms with Gasteiger partial charge in [0.15, 0.2) is 0 Å². The van der Waals surface area contributed by atoms with Crippen LogP contribution in [0.5, 0.6) is 0 Å². The zero-order chi connectivity index (χ0) is 43.8. The quantitative estimate of drug-likeness (QED) is 0.147. The predicted molar refractivity (Wildman–Crippen MR) is 276 cm³/mol. The second-order valence-corrected chi connectivity index (χ2v) is 21.0. The van der Waals surface area contributed by atoms with Crippen LogP contribution >= 0.6 is 0 Å². The van der Waals surface area contributed by atoms with Gasteiger partial charge in [0.1, 0.15) is 0 Å². The second kappa shape index (κ2) is 14.0. The van der Waals surface area contributed by atoms with Gasteiger partial charge in [0.25, 0.3) is 0 Å². The predicted octanol–water partition coefficient (Wildman–Crippen LogP) is 17.4. The van der Waals surface area contributed by atoms with Crippen molar-refractivity contribution in [3.63, 3.8) is 0 Å². The van der Waals surface area contributed by atoms with Crippen LogP contribution in [0.25, 0.3) is 66.4 Å². The van der Waals surface area contributed by atoms with Crippen molar-refractivity contribution in [3.05, 3.63) is 223 Å². The molecule has 9 aromatic rings. The minimum atomic E-state index is -0.124. The lowest BCUT2D eigenvalue weighted by Crippen LogP contribution is -2.68. The lowest BCUT2D eigenvalue weighted by Gasteiger charge is -2.73. The Morgan fingerprint density at radius 1 is 0.409 bits per heavy atom. The number of rotatable bonds is 8. The molecule has 0 N–H and O–H groups in total. The van der Waals surface area contributed by atoms with Gasteiger partial charge in [-0.15, -0.1) is 0 Å². The molecule has 318 valence electrons. The van der Waals surface area contributed by atoms with Crippen LogP contribution in [0.3, 0.4) is 0 Å². The third-order valence-corrected chi connectivity index (χ3v) is 17.8. The summed E-state index contributed by atoms with van der Waals surface area (Å²) in [5.74, 6) is 3.01. The Balaban J connectivity index is 0.851.